The molecular weight excluding hydrogens is 340 g/mol. The molecule has 0 aliphatic carbocycles. The van der Waals surface area contributed by atoms with Crippen molar-refractivity contribution in [1.82, 2.24) is 35.1 Å². The molecule has 5 rings (SSSR count). The highest BCUT2D eigenvalue weighted by molar-refractivity contribution is 5.91. The Hall–Kier alpha value is -3.81. The van der Waals surface area contributed by atoms with Crippen molar-refractivity contribution in [3.05, 3.63) is 48.9 Å². The van der Waals surface area contributed by atoms with E-state index in [0.29, 0.717) is 11.5 Å². The lowest BCUT2D eigenvalue weighted by atomic mass is 10.1. The molecule has 0 aromatic carbocycles. The number of fused-ring (bicyclic) bond motifs is 2. The van der Waals surface area contributed by atoms with Crippen LogP contribution in [0, 0.1) is 0 Å². The Labute approximate surface area is 154 Å². The number of anilines is 1. The number of hydrogen-bond acceptors (Lipinski definition) is 6. The van der Waals surface area contributed by atoms with Crippen LogP contribution in [0.25, 0.3) is 45.0 Å². The number of rotatable bonds is 3. The lowest BCUT2D eigenvalue weighted by molar-refractivity contribution is 1.10. The minimum absolute atomic E-state index is 0.639. The van der Waals surface area contributed by atoms with E-state index in [2.05, 4.69) is 36.2 Å². The molecule has 5 aromatic rings. The molecule has 0 bridgehead atoms. The standard InChI is InChI=1S/C19H16N8/c1-27(2)12-8-11(9-20-10-12)13-5-6-14-16(22-13)17(26-25-14)19-23-15-4-3-7-21-18(15)24-19/h3-10H,1-2H3,(H,25,26)(H,21,23,24). The minimum Gasteiger partial charge on any atom is -0.376 e. The summed E-state index contributed by atoms with van der Waals surface area (Å²) in [6, 6.07) is 9.76. The number of hydrogen-bond donors (Lipinski definition) is 2. The van der Waals surface area contributed by atoms with E-state index in [9.17, 15) is 0 Å². The van der Waals surface area contributed by atoms with Crippen LogP contribution >= 0.6 is 0 Å². The minimum atomic E-state index is 0.639. The topological polar surface area (TPSA) is 99.3 Å². The van der Waals surface area contributed by atoms with Crippen LogP contribution in [0.4, 0.5) is 5.69 Å². The molecule has 5 heterocycles. The summed E-state index contributed by atoms with van der Waals surface area (Å²) >= 11 is 0. The van der Waals surface area contributed by atoms with E-state index >= 15 is 0 Å². The molecule has 27 heavy (non-hydrogen) atoms. The summed E-state index contributed by atoms with van der Waals surface area (Å²) in [4.78, 5) is 23.2. The molecule has 0 aliphatic rings. The Morgan fingerprint density at radius 3 is 2.81 bits per heavy atom. The monoisotopic (exact) mass is 356 g/mol. The van der Waals surface area contributed by atoms with Crippen molar-refractivity contribution in [2.24, 2.45) is 0 Å². The van der Waals surface area contributed by atoms with E-state index in [-0.39, 0.29) is 0 Å². The molecule has 0 aliphatic heterocycles. The molecule has 5 aromatic heterocycles. The Kier molecular flexibility index (Phi) is 3.36. The van der Waals surface area contributed by atoms with E-state index in [0.717, 1.165) is 39.1 Å². The first-order valence-corrected chi connectivity index (χ1v) is 8.48. The Morgan fingerprint density at radius 2 is 1.96 bits per heavy atom. The zero-order valence-corrected chi connectivity index (χ0v) is 14.8. The van der Waals surface area contributed by atoms with E-state index < -0.39 is 0 Å². The van der Waals surface area contributed by atoms with Crippen LogP contribution < -0.4 is 4.90 Å². The summed E-state index contributed by atoms with van der Waals surface area (Å²) < 4.78 is 0. The Bertz CT molecular complexity index is 1230. The van der Waals surface area contributed by atoms with E-state index in [4.69, 9.17) is 4.98 Å². The quantitative estimate of drug-likeness (QED) is 0.515. The van der Waals surface area contributed by atoms with Crippen molar-refractivity contribution in [3.8, 4) is 22.8 Å². The van der Waals surface area contributed by atoms with Gasteiger partial charge in [0, 0.05) is 32.1 Å². The van der Waals surface area contributed by atoms with Gasteiger partial charge in [0.05, 0.1) is 23.1 Å². The van der Waals surface area contributed by atoms with Gasteiger partial charge < -0.3 is 9.88 Å². The number of imidazole rings is 1. The Balaban J connectivity index is 1.65. The van der Waals surface area contributed by atoms with Gasteiger partial charge in [0.2, 0.25) is 0 Å². The van der Waals surface area contributed by atoms with Gasteiger partial charge in [-0.25, -0.2) is 15.0 Å². The van der Waals surface area contributed by atoms with Crippen LogP contribution in [0.15, 0.2) is 48.9 Å². The number of pyridine rings is 3. The fourth-order valence-corrected chi connectivity index (χ4v) is 2.99. The second-order valence-electron chi connectivity index (χ2n) is 6.45. The zero-order valence-electron chi connectivity index (χ0n) is 14.8. The number of aromatic nitrogens is 7. The second kappa shape index (κ2) is 5.87. The molecule has 0 saturated heterocycles. The first kappa shape index (κ1) is 15.4. The predicted molar refractivity (Wildman–Crippen MR) is 104 cm³/mol. The van der Waals surface area contributed by atoms with Crippen LogP contribution in [0.3, 0.4) is 0 Å². The van der Waals surface area contributed by atoms with Crippen molar-refractivity contribution < 1.29 is 0 Å². The maximum atomic E-state index is 4.82. The molecule has 0 fully saturated rings. The highest BCUT2D eigenvalue weighted by Gasteiger charge is 2.15. The largest absolute Gasteiger partial charge is 0.376 e. The van der Waals surface area contributed by atoms with Crippen LogP contribution in [0.5, 0.6) is 0 Å². The molecular formula is C19H16N8. The van der Waals surface area contributed by atoms with Crippen molar-refractivity contribution in [2.45, 2.75) is 0 Å². The van der Waals surface area contributed by atoms with Gasteiger partial charge in [-0.05, 0) is 30.3 Å². The highest BCUT2D eigenvalue weighted by Crippen LogP contribution is 2.28. The number of aromatic amines is 2. The fourth-order valence-electron chi connectivity index (χ4n) is 2.99. The van der Waals surface area contributed by atoms with Gasteiger partial charge in [0.1, 0.15) is 11.0 Å². The van der Waals surface area contributed by atoms with Gasteiger partial charge in [0.25, 0.3) is 0 Å². The molecule has 8 heteroatoms. The van der Waals surface area contributed by atoms with Crippen LogP contribution in [0.2, 0.25) is 0 Å². The lowest BCUT2D eigenvalue weighted by Crippen LogP contribution is -2.08. The molecule has 8 nitrogen and oxygen atoms in total. The van der Waals surface area contributed by atoms with Gasteiger partial charge in [-0.2, -0.15) is 5.10 Å². The summed E-state index contributed by atoms with van der Waals surface area (Å²) in [5.41, 5.74) is 6.58. The highest BCUT2D eigenvalue weighted by atomic mass is 15.2. The van der Waals surface area contributed by atoms with Crippen molar-refractivity contribution >= 4 is 27.9 Å². The van der Waals surface area contributed by atoms with Gasteiger partial charge in [-0.3, -0.25) is 10.1 Å². The third-order valence-corrected chi connectivity index (χ3v) is 4.42. The van der Waals surface area contributed by atoms with Crippen LogP contribution in [-0.2, 0) is 0 Å². The van der Waals surface area contributed by atoms with Gasteiger partial charge in [-0.15, -0.1) is 0 Å². The van der Waals surface area contributed by atoms with Crippen LogP contribution in [0.1, 0.15) is 0 Å². The maximum absolute atomic E-state index is 4.82. The molecule has 0 spiro atoms. The van der Waals surface area contributed by atoms with Crippen molar-refractivity contribution in [2.75, 3.05) is 19.0 Å². The summed E-state index contributed by atoms with van der Waals surface area (Å²) in [5, 5.41) is 7.43. The molecule has 0 amide bonds. The summed E-state index contributed by atoms with van der Waals surface area (Å²) in [5.74, 6) is 0.639. The van der Waals surface area contributed by atoms with Crippen LogP contribution in [-0.4, -0.2) is 49.2 Å². The first-order chi connectivity index (χ1) is 13.2. The number of nitrogens with zero attached hydrogens (tertiary/aromatic N) is 6. The first-order valence-electron chi connectivity index (χ1n) is 8.48. The van der Waals surface area contributed by atoms with Gasteiger partial charge >= 0.3 is 0 Å². The fraction of sp³-hybridized carbons (Fsp3) is 0.105. The van der Waals surface area contributed by atoms with Gasteiger partial charge in [-0.1, -0.05) is 0 Å². The van der Waals surface area contributed by atoms with Gasteiger partial charge in [0.15, 0.2) is 17.2 Å². The number of H-pyrrole nitrogens is 2. The third-order valence-electron chi connectivity index (χ3n) is 4.42. The normalized spacial score (nSPS) is 11.3. The molecule has 0 radical (unpaired) electrons. The van der Waals surface area contributed by atoms with Crippen molar-refractivity contribution in [1.29, 1.82) is 0 Å². The average Bonchev–Trinajstić information content (AvgIpc) is 3.31. The summed E-state index contributed by atoms with van der Waals surface area (Å²) in [7, 11) is 3.97. The maximum Gasteiger partial charge on any atom is 0.162 e. The zero-order chi connectivity index (χ0) is 18.4. The average molecular weight is 356 g/mol. The molecule has 0 unspecified atom stereocenters. The molecule has 0 saturated carbocycles. The summed E-state index contributed by atoms with van der Waals surface area (Å²) in [6.45, 7) is 0. The van der Waals surface area contributed by atoms with E-state index in [1.54, 1.807) is 6.20 Å². The summed E-state index contributed by atoms with van der Waals surface area (Å²) in [6.07, 6.45) is 5.37. The molecule has 2 N–H and O–H groups in total. The molecule has 132 valence electrons. The predicted octanol–water partition coefficient (Wildman–Crippen LogP) is 3.02. The smallest absolute Gasteiger partial charge is 0.162 e. The van der Waals surface area contributed by atoms with E-state index in [1.807, 2.05) is 55.7 Å². The second-order valence-corrected chi connectivity index (χ2v) is 6.45. The third kappa shape index (κ3) is 2.58. The Morgan fingerprint density at radius 1 is 1.04 bits per heavy atom. The molecule has 0 atom stereocenters. The lowest BCUT2D eigenvalue weighted by Gasteiger charge is -2.12. The number of nitrogens with one attached hydrogen (secondary N) is 2. The van der Waals surface area contributed by atoms with Crippen molar-refractivity contribution in [3.63, 3.8) is 0 Å². The SMILES string of the molecule is CN(C)c1cncc(-c2ccc3[nH]nc(-c4nc5cccnc5[nH]4)c3n2)c1. The van der Waals surface area contributed by atoms with E-state index in [1.165, 1.54) is 0 Å².